The van der Waals surface area contributed by atoms with Crippen molar-refractivity contribution in [1.29, 1.82) is 0 Å². The molecule has 2 nitrogen and oxygen atoms in total. The number of hydrogen-bond acceptors (Lipinski definition) is 3. The van der Waals surface area contributed by atoms with Crippen LogP contribution in [0.25, 0.3) is 0 Å². The molecule has 1 aliphatic heterocycles. The summed E-state index contributed by atoms with van der Waals surface area (Å²) in [4.78, 5) is 7.29. The van der Waals surface area contributed by atoms with E-state index in [-0.39, 0.29) is 18.4 Å². The van der Waals surface area contributed by atoms with Crippen molar-refractivity contribution in [2.24, 2.45) is 4.99 Å². The molecule has 2 heterocycles. The Labute approximate surface area is 117 Å². The van der Waals surface area contributed by atoms with Crippen LogP contribution in [-0.4, -0.2) is 6.34 Å². The van der Waals surface area contributed by atoms with Gasteiger partial charge >= 0.3 is 0 Å². The number of anilines is 1. The molecule has 0 amide bonds. The molecule has 0 aliphatic carbocycles. The first-order valence-corrected chi connectivity index (χ1v) is 6.51. The standard InChI is InChI=1S/C14H14N2S.ClH/c1-9-7-10(2)17-14(9)13-11-5-3-4-6-12(11)15-8-16-13;/h3-8,13H,1-2H3,(H,15,16);1H. The average Bonchev–Trinajstić information content (AvgIpc) is 2.68. The largest absolute Gasteiger partial charge is 0.346 e. The third kappa shape index (κ3) is 2.16. The van der Waals surface area contributed by atoms with Gasteiger partial charge in [-0.2, -0.15) is 0 Å². The van der Waals surface area contributed by atoms with Gasteiger partial charge in [-0.15, -0.1) is 23.7 Å². The third-order valence-electron chi connectivity index (χ3n) is 3.03. The first kappa shape index (κ1) is 13.1. The Kier molecular flexibility index (Phi) is 3.73. The normalized spacial score (nSPS) is 16.7. The predicted molar refractivity (Wildman–Crippen MR) is 81.4 cm³/mol. The molecule has 0 fully saturated rings. The number of rotatable bonds is 1. The zero-order valence-corrected chi connectivity index (χ0v) is 11.9. The van der Waals surface area contributed by atoms with Crippen molar-refractivity contribution >= 4 is 35.8 Å². The lowest BCUT2D eigenvalue weighted by Crippen LogP contribution is -2.10. The Morgan fingerprint density at radius 2 is 2.00 bits per heavy atom. The highest BCUT2D eigenvalue weighted by atomic mass is 35.5. The quantitative estimate of drug-likeness (QED) is 0.825. The maximum absolute atomic E-state index is 4.59. The van der Waals surface area contributed by atoms with E-state index in [9.17, 15) is 0 Å². The van der Waals surface area contributed by atoms with Gasteiger partial charge in [0.2, 0.25) is 0 Å². The minimum absolute atomic E-state index is 0. The van der Waals surface area contributed by atoms with Crippen molar-refractivity contribution in [3.8, 4) is 0 Å². The first-order valence-electron chi connectivity index (χ1n) is 5.70. The highest BCUT2D eigenvalue weighted by molar-refractivity contribution is 7.12. The Balaban J connectivity index is 0.00000120. The second-order valence-corrected chi connectivity index (χ2v) is 5.60. The molecular formula is C14H15ClN2S. The summed E-state index contributed by atoms with van der Waals surface area (Å²) in [5, 5.41) is 3.20. The molecule has 0 bridgehead atoms. The monoisotopic (exact) mass is 278 g/mol. The second-order valence-electron chi connectivity index (χ2n) is 4.32. The minimum atomic E-state index is 0. The topological polar surface area (TPSA) is 24.4 Å². The van der Waals surface area contributed by atoms with Gasteiger partial charge in [-0.25, -0.2) is 0 Å². The lowest BCUT2D eigenvalue weighted by molar-refractivity contribution is 0.883. The Morgan fingerprint density at radius 3 is 2.72 bits per heavy atom. The van der Waals surface area contributed by atoms with Crippen molar-refractivity contribution in [1.82, 2.24) is 0 Å². The van der Waals surface area contributed by atoms with Crippen LogP contribution in [-0.2, 0) is 0 Å². The molecule has 0 spiro atoms. The fourth-order valence-electron chi connectivity index (χ4n) is 2.27. The molecule has 1 unspecified atom stereocenters. The van der Waals surface area contributed by atoms with E-state index < -0.39 is 0 Å². The van der Waals surface area contributed by atoms with Gasteiger partial charge in [-0.05, 0) is 31.5 Å². The van der Waals surface area contributed by atoms with Gasteiger partial charge in [0.15, 0.2) is 0 Å². The van der Waals surface area contributed by atoms with Crippen LogP contribution in [0.2, 0.25) is 0 Å². The van der Waals surface area contributed by atoms with E-state index in [4.69, 9.17) is 0 Å². The van der Waals surface area contributed by atoms with Gasteiger partial charge in [-0.1, -0.05) is 18.2 Å². The molecule has 1 aromatic heterocycles. The number of nitrogens with one attached hydrogen (secondary N) is 1. The molecule has 1 aromatic carbocycles. The molecule has 2 aromatic rings. The maximum Gasteiger partial charge on any atom is 0.113 e. The van der Waals surface area contributed by atoms with Gasteiger partial charge in [0.1, 0.15) is 6.04 Å². The fraction of sp³-hybridized carbons (Fsp3) is 0.214. The summed E-state index contributed by atoms with van der Waals surface area (Å²) in [6.45, 7) is 4.32. The lowest BCUT2D eigenvalue weighted by Gasteiger charge is -2.20. The molecule has 4 heteroatoms. The number of aliphatic imine (C=N–C) groups is 1. The highest BCUT2D eigenvalue weighted by Crippen LogP contribution is 2.38. The molecular weight excluding hydrogens is 264 g/mol. The van der Waals surface area contributed by atoms with Crippen molar-refractivity contribution in [2.75, 3.05) is 5.32 Å². The van der Waals surface area contributed by atoms with Crippen LogP contribution in [0.4, 0.5) is 5.69 Å². The Hall–Kier alpha value is -1.32. The Bertz CT molecular complexity index is 589. The van der Waals surface area contributed by atoms with E-state index >= 15 is 0 Å². The number of fused-ring (bicyclic) bond motifs is 1. The van der Waals surface area contributed by atoms with Crippen LogP contribution >= 0.6 is 23.7 Å². The number of nitrogens with zero attached hydrogens (tertiary/aromatic N) is 1. The van der Waals surface area contributed by atoms with Gasteiger partial charge in [0.05, 0.1) is 6.34 Å². The van der Waals surface area contributed by atoms with Crippen molar-refractivity contribution in [3.05, 3.63) is 51.2 Å². The molecule has 0 saturated heterocycles. The van der Waals surface area contributed by atoms with Gasteiger partial charge in [0.25, 0.3) is 0 Å². The van der Waals surface area contributed by atoms with E-state index in [1.165, 1.54) is 20.9 Å². The zero-order valence-electron chi connectivity index (χ0n) is 10.3. The molecule has 94 valence electrons. The van der Waals surface area contributed by atoms with Crippen LogP contribution in [0.5, 0.6) is 0 Å². The summed E-state index contributed by atoms with van der Waals surface area (Å²) in [7, 11) is 0. The third-order valence-corrected chi connectivity index (χ3v) is 4.23. The molecule has 1 atom stereocenters. The number of halogens is 1. The first-order chi connectivity index (χ1) is 8.25. The summed E-state index contributed by atoms with van der Waals surface area (Å²) in [5.74, 6) is 0. The molecule has 0 radical (unpaired) electrons. The van der Waals surface area contributed by atoms with E-state index in [2.05, 4.69) is 54.5 Å². The van der Waals surface area contributed by atoms with E-state index in [0.29, 0.717) is 0 Å². The SMILES string of the molecule is Cc1cc(C)c(C2N=CNc3ccccc32)s1.Cl. The predicted octanol–water partition coefficient (Wildman–Crippen LogP) is 4.33. The molecule has 1 N–H and O–H groups in total. The summed E-state index contributed by atoms with van der Waals surface area (Å²) in [6.07, 6.45) is 1.81. The summed E-state index contributed by atoms with van der Waals surface area (Å²) >= 11 is 1.84. The summed E-state index contributed by atoms with van der Waals surface area (Å²) in [6, 6.07) is 10.8. The molecule has 3 rings (SSSR count). The average molecular weight is 279 g/mol. The lowest BCUT2D eigenvalue weighted by atomic mass is 10.0. The van der Waals surface area contributed by atoms with Gasteiger partial charge in [0, 0.05) is 21.0 Å². The smallest absolute Gasteiger partial charge is 0.113 e. The van der Waals surface area contributed by atoms with Crippen LogP contribution in [0.15, 0.2) is 35.3 Å². The van der Waals surface area contributed by atoms with Crippen LogP contribution in [0.3, 0.4) is 0 Å². The number of aryl methyl sites for hydroxylation is 2. The maximum atomic E-state index is 4.59. The number of hydrogen-bond donors (Lipinski definition) is 1. The van der Waals surface area contributed by atoms with E-state index in [0.717, 1.165) is 5.69 Å². The van der Waals surface area contributed by atoms with Crippen molar-refractivity contribution < 1.29 is 0 Å². The molecule has 1 aliphatic rings. The number of benzene rings is 1. The van der Waals surface area contributed by atoms with Crippen LogP contribution < -0.4 is 5.32 Å². The number of para-hydroxylation sites is 1. The van der Waals surface area contributed by atoms with Crippen LogP contribution in [0.1, 0.15) is 26.9 Å². The van der Waals surface area contributed by atoms with Gasteiger partial charge < -0.3 is 5.32 Å². The fourth-order valence-corrected chi connectivity index (χ4v) is 3.37. The van der Waals surface area contributed by atoms with Crippen molar-refractivity contribution in [2.45, 2.75) is 19.9 Å². The number of thiophene rings is 1. The molecule has 18 heavy (non-hydrogen) atoms. The minimum Gasteiger partial charge on any atom is -0.346 e. The Morgan fingerprint density at radius 1 is 1.22 bits per heavy atom. The van der Waals surface area contributed by atoms with Crippen LogP contribution in [0, 0.1) is 13.8 Å². The van der Waals surface area contributed by atoms with E-state index in [1.54, 1.807) is 0 Å². The van der Waals surface area contributed by atoms with E-state index in [1.807, 2.05) is 17.7 Å². The molecule has 0 saturated carbocycles. The summed E-state index contributed by atoms with van der Waals surface area (Å²) in [5.41, 5.74) is 3.77. The highest BCUT2D eigenvalue weighted by Gasteiger charge is 2.21. The zero-order chi connectivity index (χ0) is 11.8. The van der Waals surface area contributed by atoms with Crippen molar-refractivity contribution in [3.63, 3.8) is 0 Å². The van der Waals surface area contributed by atoms with Gasteiger partial charge in [-0.3, -0.25) is 4.99 Å². The summed E-state index contributed by atoms with van der Waals surface area (Å²) < 4.78 is 0. The second kappa shape index (κ2) is 5.12.